The lowest BCUT2D eigenvalue weighted by Crippen LogP contribution is -2.27. The van der Waals surface area contributed by atoms with Gasteiger partial charge in [-0.25, -0.2) is 13.8 Å². The highest BCUT2D eigenvalue weighted by molar-refractivity contribution is 6.70. The first-order valence-corrected chi connectivity index (χ1v) is 7.01. The number of allylic oxidation sites excluding steroid dienone is 2. The number of alkyl halides is 2. The van der Waals surface area contributed by atoms with Gasteiger partial charge in [0.15, 0.2) is 0 Å². The molecule has 22 heavy (non-hydrogen) atoms. The van der Waals surface area contributed by atoms with Crippen molar-refractivity contribution in [2.75, 3.05) is 13.1 Å². The monoisotopic (exact) mass is 328 g/mol. The molecule has 0 aromatic heterocycles. The number of nitrogens with zero attached hydrogens (tertiary/aromatic N) is 2. The smallest absolute Gasteiger partial charge is 0.257 e. The molecule has 0 aromatic rings. The molecule has 0 bridgehead atoms. The molecular formula is C15H19ClF2N4. The van der Waals surface area contributed by atoms with Crippen LogP contribution >= 0.6 is 11.6 Å². The van der Waals surface area contributed by atoms with Crippen LogP contribution in [0.25, 0.3) is 0 Å². The average Bonchev–Trinajstić information content (AvgIpc) is 2.40. The summed E-state index contributed by atoms with van der Waals surface area (Å²) in [6.45, 7) is 5.43. The third-order valence-corrected chi connectivity index (χ3v) is 2.89. The van der Waals surface area contributed by atoms with Gasteiger partial charge in [-0.2, -0.15) is 0 Å². The van der Waals surface area contributed by atoms with Gasteiger partial charge >= 0.3 is 0 Å². The van der Waals surface area contributed by atoms with Gasteiger partial charge in [0.1, 0.15) is 5.17 Å². The average molecular weight is 329 g/mol. The normalized spacial score (nSPS) is 20.8. The second kappa shape index (κ2) is 9.27. The lowest BCUT2D eigenvalue weighted by molar-refractivity contribution is 0.159. The molecule has 0 radical (unpaired) electrons. The largest absolute Gasteiger partial charge is 0.386 e. The number of hydrogen-bond donors (Lipinski definition) is 2. The second-order valence-corrected chi connectivity index (χ2v) is 5.08. The molecule has 1 aliphatic rings. The Morgan fingerprint density at radius 3 is 2.95 bits per heavy atom. The van der Waals surface area contributed by atoms with Crippen molar-refractivity contribution in [3.05, 3.63) is 47.9 Å². The Hall–Kier alpha value is -1.79. The van der Waals surface area contributed by atoms with Crippen LogP contribution in [0.5, 0.6) is 0 Å². The zero-order valence-corrected chi connectivity index (χ0v) is 13.0. The summed E-state index contributed by atoms with van der Waals surface area (Å²) in [4.78, 5) is 7.64. The van der Waals surface area contributed by atoms with Crippen molar-refractivity contribution in [1.29, 1.82) is 0 Å². The highest BCUT2D eigenvalue weighted by Crippen LogP contribution is 2.12. The minimum Gasteiger partial charge on any atom is -0.386 e. The van der Waals surface area contributed by atoms with Gasteiger partial charge in [-0.3, -0.25) is 4.99 Å². The fourth-order valence-electron chi connectivity index (χ4n) is 1.65. The van der Waals surface area contributed by atoms with Crippen molar-refractivity contribution >= 4 is 23.0 Å². The molecule has 1 atom stereocenters. The molecule has 1 aliphatic heterocycles. The molecule has 1 rings (SSSR count). The van der Waals surface area contributed by atoms with Gasteiger partial charge in [0.2, 0.25) is 0 Å². The predicted molar refractivity (Wildman–Crippen MR) is 88.7 cm³/mol. The lowest BCUT2D eigenvalue weighted by Gasteiger charge is -2.14. The van der Waals surface area contributed by atoms with E-state index in [1.807, 2.05) is 6.92 Å². The van der Waals surface area contributed by atoms with Crippen LogP contribution in [0.3, 0.4) is 0 Å². The van der Waals surface area contributed by atoms with Gasteiger partial charge in [0, 0.05) is 30.7 Å². The zero-order valence-electron chi connectivity index (χ0n) is 12.3. The minimum absolute atomic E-state index is 0.319. The van der Waals surface area contributed by atoms with Crippen molar-refractivity contribution in [1.82, 2.24) is 5.32 Å². The van der Waals surface area contributed by atoms with Crippen LogP contribution in [0.4, 0.5) is 8.78 Å². The van der Waals surface area contributed by atoms with Crippen molar-refractivity contribution in [3.8, 4) is 0 Å². The Morgan fingerprint density at radius 2 is 2.36 bits per heavy atom. The molecule has 0 saturated heterocycles. The first-order chi connectivity index (χ1) is 10.4. The summed E-state index contributed by atoms with van der Waals surface area (Å²) in [6.07, 6.45) is 5.63. The SMILES string of the molecule is C=C(C)/C=C(\C=NCC(F)F)CN/C=C1/C(Cl)=NC=CC1N. The van der Waals surface area contributed by atoms with Crippen LogP contribution in [-0.2, 0) is 0 Å². The van der Waals surface area contributed by atoms with E-state index in [9.17, 15) is 8.78 Å². The van der Waals surface area contributed by atoms with Crippen LogP contribution in [0, 0.1) is 0 Å². The molecule has 4 nitrogen and oxygen atoms in total. The maximum absolute atomic E-state index is 12.1. The van der Waals surface area contributed by atoms with Crippen molar-refractivity contribution in [3.63, 3.8) is 0 Å². The number of nitrogens with two attached hydrogens (primary N) is 1. The standard InChI is InChI=1S/C15H19ClF2N4/c1-10(2)5-11(7-21-9-14(17)18)6-20-8-12-13(19)3-4-22-15(12)16/h3-5,7-8,13-14,20H,1,6,9,19H2,2H3/b11-5-,12-8+,21-7?. The van der Waals surface area contributed by atoms with Crippen LogP contribution in [0.2, 0.25) is 0 Å². The highest BCUT2D eigenvalue weighted by atomic mass is 35.5. The molecular weight excluding hydrogens is 310 g/mol. The first-order valence-electron chi connectivity index (χ1n) is 6.63. The maximum atomic E-state index is 12.1. The van der Waals surface area contributed by atoms with Crippen LogP contribution in [0.1, 0.15) is 6.92 Å². The summed E-state index contributed by atoms with van der Waals surface area (Å²) >= 11 is 5.97. The molecule has 1 heterocycles. The Labute approximate surface area is 133 Å². The number of halogens is 3. The van der Waals surface area contributed by atoms with Crippen molar-refractivity contribution in [2.45, 2.75) is 19.4 Å². The molecule has 120 valence electrons. The summed E-state index contributed by atoms with van der Waals surface area (Å²) < 4.78 is 24.2. The topological polar surface area (TPSA) is 62.8 Å². The van der Waals surface area contributed by atoms with E-state index in [2.05, 4.69) is 21.9 Å². The molecule has 0 aliphatic carbocycles. The number of hydrogen-bond acceptors (Lipinski definition) is 4. The summed E-state index contributed by atoms with van der Waals surface area (Å²) in [5.41, 5.74) is 8.05. The van der Waals surface area contributed by atoms with Crippen LogP contribution < -0.4 is 11.1 Å². The quantitative estimate of drug-likeness (QED) is 0.557. The van der Waals surface area contributed by atoms with E-state index >= 15 is 0 Å². The van der Waals surface area contributed by atoms with E-state index < -0.39 is 13.0 Å². The molecule has 0 aromatic carbocycles. The fourth-order valence-corrected chi connectivity index (χ4v) is 1.89. The van der Waals surface area contributed by atoms with Gasteiger partial charge < -0.3 is 11.1 Å². The molecule has 3 N–H and O–H groups in total. The van der Waals surface area contributed by atoms with Gasteiger partial charge in [0.25, 0.3) is 6.43 Å². The molecule has 0 saturated carbocycles. The molecule has 7 heteroatoms. The van der Waals surface area contributed by atoms with Crippen LogP contribution in [-0.4, -0.2) is 36.9 Å². The van der Waals surface area contributed by atoms with E-state index in [4.69, 9.17) is 17.3 Å². The number of aliphatic imine (C=N–C) groups is 2. The van der Waals surface area contributed by atoms with Gasteiger partial charge in [-0.05, 0) is 18.6 Å². The van der Waals surface area contributed by atoms with Gasteiger partial charge in [-0.1, -0.05) is 29.8 Å². The van der Waals surface area contributed by atoms with E-state index in [1.54, 1.807) is 24.6 Å². The summed E-state index contributed by atoms with van der Waals surface area (Å²) in [5.74, 6) is 0. The third kappa shape index (κ3) is 6.78. The van der Waals surface area contributed by atoms with E-state index in [-0.39, 0.29) is 6.04 Å². The minimum atomic E-state index is -2.46. The van der Waals surface area contributed by atoms with E-state index in [0.29, 0.717) is 17.3 Å². The fraction of sp³-hybridized carbons (Fsp3) is 0.333. The summed E-state index contributed by atoms with van der Waals surface area (Å²) in [6, 6.07) is -0.335. The number of rotatable bonds is 7. The molecule has 0 fully saturated rings. The Kier molecular flexibility index (Phi) is 7.70. The molecule has 1 unspecified atom stereocenters. The van der Waals surface area contributed by atoms with Crippen molar-refractivity contribution in [2.24, 2.45) is 15.7 Å². The van der Waals surface area contributed by atoms with E-state index in [1.165, 1.54) is 6.21 Å². The lowest BCUT2D eigenvalue weighted by atomic mass is 10.1. The first kappa shape index (κ1) is 18.3. The predicted octanol–water partition coefficient (Wildman–Crippen LogP) is 2.79. The Morgan fingerprint density at radius 1 is 1.64 bits per heavy atom. The summed E-state index contributed by atoms with van der Waals surface area (Å²) in [7, 11) is 0. The Bertz CT molecular complexity index is 548. The molecule has 0 spiro atoms. The third-order valence-electron chi connectivity index (χ3n) is 2.57. The number of nitrogens with one attached hydrogen (secondary N) is 1. The second-order valence-electron chi connectivity index (χ2n) is 4.72. The van der Waals surface area contributed by atoms with Crippen LogP contribution in [0.15, 0.2) is 57.8 Å². The van der Waals surface area contributed by atoms with E-state index in [0.717, 1.165) is 11.1 Å². The Balaban J connectivity index is 2.68. The highest BCUT2D eigenvalue weighted by Gasteiger charge is 2.13. The zero-order chi connectivity index (χ0) is 16.5. The summed E-state index contributed by atoms with van der Waals surface area (Å²) in [5, 5.41) is 3.35. The van der Waals surface area contributed by atoms with Gasteiger partial charge in [0.05, 0.1) is 12.6 Å². The maximum Gasteiger partial charge on any atom is 0.257 e. The van der Waals surface area contributed by atoms with Gasteiger partial charge in [-0.15, -0.1) is 0 Å². The van der Waals surface area contributed by atoms with Crippen molar-refractivity contribution < 1.29 is 8.78 Å². The molecule has 0 amide bonds.